The first-order valence-electron chi connectivity index (χ1n) is 8.19. The summed E-state index contributed by atoms with van der Waals surface area (Å²) < 4.78 is 0. The number of fused-ring (bicyclic) bond motifs is 1. The molecule has 0 fully saturated rings. The van der Waals surface area contributed by atoms with E-state index in [2.05, 4.69) is 77.7 Å². The van der Waals surface area contributed by atoms with Crippen molar-refractivity contribution in [1.82, 2.24) is 0 Å². The van der Waals surface area contributed by atoms with Gasteiger partial charge in [-0.3, -0.25) is 0 Å². The molecule has 0 spiro atoms. The van der Waals surface area contributed by atoms with Gasteiger partial charge in [0.1, 0.15) is 0 Å². The van der Waals surface area contributed by atoms with E-state index in [0.29, 0.717) is 0 Å². The molecule has 0 radical (unpaired) electrons. The Morgan fingerprint density at radius 2 is 1.50 bits per heavy atom. The van der Waals surface area contributed by atoms with Crippen LogP contribution in [0.25, 0.3) is 12.2 Å². The third-order valence-electron chi connectivity index (χ3n) is 4.41. The van der Waals surface area contributed by atoms with E-state index in [0.717, 1.165) is 18.0 Å². The van der Waals surface area contributed by atoms with E-state index < -0.39 is 0 Å². The molecular formula is C22H18ClN. The predicted molar refractivity (Wildman–Crippen MR) is 104 cm³/mol. The van der Waals surface area contributed by atoms with Gasteiger partial charge in [-0.15, -0.1) is 0 Å². The summed E-state index contributed by atoms with van der Waals surface area (Å²) in [6.07, 6.45) is 5.34. The van der Waals surface area contributed by atoms with E-state index in [-0.39, 0.29) is 0 Å². The van der Waals surface area contributed by atoms with E-state index in [1.54, 1.807) is 0 Å². The van der Waals surface area contributed by atoms with Crippen molar-refractivity contribution >= 4 is 35.1 Å². The average molecular weight is 332 g/mol. The second-order valence-corrected chi connectivity index (χ2v) is 6.45. The van der Waals surface area contributed by atoms with Gasteiger partial charge in [0.2, 0.25) is 0 Å². The van der Waals surface area contributed by atoms with Crippen LogP contribution >= 0.6 is 11.6 Å². The van der Waals surface area contributed by atoms with Gasteiger partial charge < -0.3 is 4.90 Å². The lowest BCUT2D eigenvalue weighted by molar-refractivity contribution is 0.998. The van der Waals surface area contributed by atoms with E-state index >= 15 is 0 Å². The smallest absolute Gasteiger partial charge is 0.0445 e. The molecule has 0 saturated carbocycles. The highest BCUT2D eigenvalue weighted by Gasteiger charge is 2.20. The van der Waals surface area contributed by atoms with Crippen LogP contribution in [0, 0.1) is 0 Å². The van der Waals surface area contributed by atoms with Crippen LogP contribution < -0.4 is 4.90 Å². The van der Waals surface area contributed by atoms with Crippen LogP contribution in [-0.4, -0.2) is 6.54 Å². The van der Waals surface area contributed by atoms with Crippen LogP contribution in [0.15, 0.2) is 72.8 Å². The van der Waals surface area contributed by atoms with Crippen molar-refractivity contribution in [2.45, 2.75) is 6.42 Å². The fourth-order valence-electron chi connectivity index (χ4n) is 3.16. The van der Waals surface area contributed by atoms with E-state index in [1.807, 2.05) is 12.1 Å². The molecule has 1 heterocycles. The highest BCUT2D eigenvalue weighted by molar-refractivity contribution is 6.30. The summed E-state index contributed by atoms with van der Waals surface area (Å²) >= 11 is 6.10. The number of halogens is 1. The molecule has 3 aromatic carbocycles. The van der Waals surface area contributed by atoms with Gasteiger partial charge in [0.15, 0.2) is 0 Å². The van der Waals surface area contributed by atoms with Crippen LogP contribution in [0.5, 0.6) is 0 Å². The minimum Gasteiger partial charge on any atom is -0.341 e. The van der Waals surface area contributed by atoms with Gasteiger partial charge in [0.25, 0.3) is 0 Å². The monoisotopic (exact) mass is 331 g/mol. The van der Waals surface area contributed by atoms with Crippen molar-refractivity contribution in [1.29, 1.82) is 0 Å². The summed E-state index contributed by atoms with van der Waals surface area (Å²) in [6, 6.07) is 25.2. The number of nitrogens with zero attached hydrogens (tertiary/aromatic N) is 1. The van der Waals surface area contributed by atoms with Gasteiger partial charge in [-0.25, -0.2) is 0 Å². The Kier molecular flexibility index (Phi) is 4.10. The van der Waals surface area contributed by atoms with Crippen molar-refractivity contribution in [3.05, 3.63) is 94.5 Å². The molecule has 0 N–H and O–H groups in total. The molecule has 2 heteroatoms. The van der Waals surface area contributed by atoms with Gasteiger partial charge >= 0.3 is 0 Å². The molecule has 118 valence electrons. The third kappa shape index (κ3) is 3.08. The SMILES string of the molecule is Clc1ccc2c(c1)CCN2c1ccc(/C=C/c2ccccc2)cc1. The van der Waals surface area contributed by atoms with Crippen LogP contribution in [-0.2, 0) is 6.42 Å². The van der Waals surface area contributed by atoms with Gasteiger partial charge in [-0.2, -0.15) is 0 Å². The summed E-state index contributed by atoms with van der Waals surface area (Å²) in [7, 11) is 0. The number of anilines is 2. The topological polar surface area (TPSA) is 3.24 Å². The van der Waals surface area contributed by atoms with Crippen LogP contribution in [0.3, 0.4) is 0 Å². The average Bonchev–Trinajstić information content (AvgIpc) is 3.04. The van der Waals surface area contributed by atoms with Crippen molar-refractivity contribution in [2.24, 2.45) is 0 Å². The Labute approximate surface area is 147 Å². The maximum Gasteiger partial charge on any atom is 0.0445 e. The lowest BCUT2D eigenvalue weighted by atomic mass is 10.1. The summed E-state index contributed by atoms with van der Waals surface area (Å²) in [5, 5.41) is 0.817. The molecule has 0 aromatic heterocycles. The molecule has 0 amide bonds. The first-order chi connectivity index (χ1) is 11.8. The molecular weight excluding hydrogens is 314 g/mol. The zero-order chi connectivity index (χ0) is 16.4. The summed E-state index contributed by atoms with van der Waals surface area (Å²) in [6.45, 7) is 1.01. The number of hydrogen-bond acceptors (Lipinski definition) is 1. The molecule has 4 rings (SSSR count). The Morgan fingerprint density at radius 3 is 2.25 bits per heavy atom. The minimum atomic E-state index is 0.817. The van der Waals surface area contributed by atoms with Gasteiger partial charge in [-0.1, -0.05) is 66.2 Å². The highest BCUT2D eigenvalue weighted by Crippen LogP contribution is 2.35. The Balaban J connectivity index is 1.54. The molecule has 1 nitrogen and oxygen atoms in total. The van der Waals surface area contributed by atoms with Gasteiger partial charge in [0.05, 0.1) is 0 Å². The van der Waals surface area contributed by atoms with E-state index in [1.165, 1.54) is 28.1 Å². The second kappa shape index (κ2) is 6.54. The van der Waals surface area contributed by atoms with E-state index in [9.17, 15) is 0 Å². The van der Waals surface area contributed by atoms with Gasteiger partial charge in [0, 0.05) is 22.9 Å². The molecule has 24 heavy (non-hydrogen) atoms. The number of benzene rings is 3. The maximum atomic E-state index is 6.10. The lowest BCUT2D eigenvalue weighted by Gasteiger charge is -2.19. The maximum absolute atomic E-state index is 6.10. The summed E-state index contributed by atoms with van der Waals surface area (Å²) in [5.41, 5.74) is 6.25. The Hall–Kier alpha value is -2.51. The first-order valence-corrected chi connectivity index (χ1v) is 8.56. The van der Waals surface area contributed by atoms with Crippen LogP contribution in [0.4, 0.5) is 11.4 Å². The number of rotatable bonds is 3. The summed E-state index contributed by atoms with van der Waals surface area (Å²) in [5.74, 6) is 0. The Morgan fingerprint density at radius 1 is 0.792 bits per heavy atom. The van der Waals surface area contributed by atoms with Crippen molar-refractivity contribution in [3.63, 3.8) is 0 Å². The summed E-state index contributed by atoms with van der Waals surface area (Å²) in [4.78, 5) is 2.36. The molecule has 0 unspecified atom stereocenters. The molecule has 0 bridgehead atoms. The second-order valence-electron chi connectivity index (χ2n) is 6.01. The standard InChI is InChI=1S/C22H18ClN/c23-20-10-13-22-19(16-20)14-15-24(22)21-11-8-18(9-12-21)7-6-17-4-2-1-3-5-17/h1-13,16H,14-15H2/b7-6+. The zero-order valence-electron chi connectivity index (χ0n) is 13.3. The quantitative estimate of drug-likeness (QED) is 0.516. The van der Waals surface area contributed by atoms with Crippen LogP contribution in [0.2, 0.25) is 5.02 Å². The first kappa shape index (κ1) is 15.0. The zero-order valence-corrected chi connectivity index (χ0v) is 14.1. The number of hydrogen-bond donors (Lipinski definition) is 0. The molecule has 1 aliphatic heterocycles. The van der Waals surface area contributed by atoms with Gasteiger partial charge in [-0.05, 0) is 53.4 Å². The lowest BCUT2D eigenvalue weighted by Crippen LogP contribution is -2.12. The van der Waals surface area contributed by atoms with E-state index in [4.69, 9.17) is 11.6 Å². The minimum absolute atomic E-state index is 0.817. The Bertz CT molecular complexity index is 866. The van der Waals surface area contributed by atoms with Crippen molar-refractivity contribution in [3.8, 4) is 0 Å². The normalized spacial score (nSPS) is 13.5. The molecule has 3 aromatic rings. The predicted octanol–water partition coefficient (Wildman–Crippen LogP) is 6.20. The third-order valence-corrected chi connectivity index (χ3v) is 4.64. The molecule has 0 aliphatic carbocycles. The van der Waals surface area contributed by atoms with Crippen molar-refractivity contribution < 1.29 is 0 Å². The fraction of sp³-hybridized carbons (Fsp3) is 0.0909. The largest absolute Gasteiger partial charge is 0.341 e. The molecule has 0 saturated heterocycles. The molecule has 1 aliphatic rings. The fourth-order valence-corrected chi connectivity index (χ4v) is 3.36. The van der Waals surface area contributed by atoms with Crippen LogP contribution in [0.1, 0.15) is 16.7 Å². The molecule has 0 atom stereocenters. The van der Waals surface area contributed by atoms with Crippen molar-refractivity contribution in [2.75, 3.05) is 11.4 Å². The highest BCUT2D eigenvalue weighted by atomic mass is 35.5.